The summed E-state index contributed by atoms with van der Waals surface area (Å²) in [5.41, 5.74) is 0.859. The van der Waals surface area contributed by atoms with Crippen molar-refractivity contribution >= 4 is 5.69 Å². The molecule has 0 bridgehead atoms. The Morgan fingerprint density at radius 2 is 2.56 bits per heavy atom. The van der Waals surface area contributed by atoms with Gasteiger partial charge in [-0.15, -0.1) is 0 Å². The van der Waals surface area contributed by atoms with E-state index in [2.05, 4.69) is 18.1 Å². The molecule has 0 saturated heterocycles. The Bertz CT molecular complexity index is 199. The Morgan fingerprint density at radius 3 is 3.44 bits per heavy atom. The molecule has 0 unspecified atom stereocenters. The van der Waals surface area contributed by atoms with Crippen LogP contribution < -0.4 is 10.1 Å². The van der Waals surface area contributed by atoms with Gasteiger partial charge in [0.25, 0.3) is 0 Å². The maximum atomic E-state index is 4.91. The normalized spacial score (nSPS) is 13.8. The number of ether oxygens (including phenoxy) is 1. The van der Waals surface area contributed by atoms with E-state index < -0.39 is 0 Å². The van der Waals surface area contributed by atoms with E-state index in [1.54, 1.807) is 0 Å². The number of benzene rings is 1. The summed E-state index contributed by atoms with van der Waals surface area (Å²) < 4.78 is 4.91. The molecule has 1 N–H and O–H groups in total. The summed E-state index contributed by atoms with van der Waals surface area (Å²) in [7, 11) is 0. The zero-order valence-electron chi connectivity index (χ0n) is 4.64. The van der Waals surface area contributed by atoms with Crippen molar-refractivity contribution in [2.45, 2.75) is 0 Å². The third-order valence-corrected chi connectivity index (χ3v) is 1.15. The summed E-state index contributed by atoms with van der Waals surface area (Å²) in [5.74, 6) is 0.789. The summed E-state index contributed by atoms with van der Waals surface area (Å²) >= 11 is 0. The molecule has 0 saturated carbocycles. The van der Waals surface area contributed by atoms with Gasteiger partial charge in [0, 0.05) is 6.07 Å². The maximum absolute atomic E-state index is 4.91. The predicted molar refractivity (Wildman–Crippen MR) is 32.8 cm³/mol. The molecule has 9 heavy (non-hydrogen) atoms. The van der Waals surface area contributed by atoms with Crippen LogP contribution in [0.5, 0.6) is 5.75 Å². The first-order chi connectivity index (χ1) is 4.47. The Labute approximate surface area is 53.5 Å². The SMILES string of the molecule is [C]1Nc2[c]cccc2O1. The fourth-order valence-electron chi connectivity index (χ4n) is 0.736. The Morgan fingerprint density at radius 1 is 1.56 bits per heavy atom. The van der Waals surface area contributed by atoms with Crippen LogP contribution in [0.2, 0.25) is 0 Å². The molecule has 43 valence electrons. The molecule has 1 heterocycles. The monoisotopic (exact) mass is 118 g/mol. The first kappa shape index (κ1) is 4.68. The lowest BCUT2D eigenvalue weighted by molar-refractivity contribution is 0.446. The number of para-hydroxylation sites is 1. The van der Waals surface area contributed by atoms with E-state index in [9.17, 15) is 0 Å². The highest BCUT2D eigenvalue weighted by atomic mass is 16.5. The molecule has 1 aromatic rings. The number of rotatable bonds is 0. The van der Waals surface area contributed by atoms with Crippen LogP contribution in [0.4, 0.5) is 5.69 Å². The molecule has 1 aromatic carbocycles. The van der Waals surface area contributed by atoms with Gasteiger partial charge in [-0.2, -0.15) is 0 Å². The van der Waals surface area contributed by atoms with Gasteiger partial charge >= 0.3 is 6.73 Å². The fourth-order valence-corrected chi connectivity index (χ4v) is 0.736. The van der Waals surface area contributed by atoms with Crippen molar-refractivity contribution in [1.29, 1.82) is 0 Å². The van der Waals surface area contributed by atoms with E-state index in [4.69, 9.17) is 4.74 Å². The molecule has 2 rings (SSSR count). The Balaban J connectivity index is 2.54. The van der Waals surface area contributed by atoms with E-state index in [1.807, 2.05) is 18.2 Å². The summed E-state index contributed by atoms with van der Waals surface area (Å²) in [6.07, 6.45) is 0. The lowest BCUT2D eigenvalue weighted by Crippen LogP contribution is -1.86. The second-order valence-corrected chi connectivity index (χ2v) is 1.74. The largest absolute Gasteiger partial charge is 0.453 e. The number of hydrogen-bond donors (Lipinski definition) is 1. The van der Waals surface area contributed by atoms with Gasteiger partial charge in [-0.3, -0.25) is 0 Å². The van der Waals surface area contributed by atoms with Crippen LogP contribution in [0.3, 0.4) is 0 Å². The highest BCUT2D eigenvalue weighted by Gasteiger charge is 2.09. The van der Waals surface area contributed by atoms with E-state index in [-0.39, 0.29) is 0 Å². The topological polar surface area (TPSA) is 21.3 Å². The van der Waals surface area contributed by atoms with Crippen molar-refractivity contribution in [3.05, 3.63) is 31.0 Å². The highest BCUT2D eigenvalue weighted by Crippen LogP contribution is 2.28. The van der Waals surface area contributed by atoms with Crippen LogP contribution in [0, 0.1) is 12.8 Å². The standard InChI is InChI=1S/C7H4NO/c1-2-4-7-6(3-1)8-5-9-7/h1-2,4,8H. The zero-order chi connectivity index (χ0) is 6.10. The van der Waals surface area contributed by atoms with Crippen LogP contribution in [0.15, 0.2) is 18.2 Å². The van der Waals surface area contributed by atoms with Gasteiger partial charge in [0.05, 0.1) is 5.69 Å². The first-order valence-electron chi connectivity index (χ1n) is 2.65. The van der Waals surface area contributed by atoms with Gasteiger partial charge in [0.1, 0.15) is 5.75 Å². The van der Waals surface area contributed by atoms with Gasteiger partial charge in [-0.05, 0) is 6.07 Å². The molecule has 0 spiro atoms. The molecule has 0 aromatic heterocycles. The van der Waals surface area contributed by atoms with Crippen molar-refractivity contribution in [3.63, 3.8) is 0 Å². The van der Waals surface area contributed by atoms with E-state index in [0.29, 0.717) is 0 Å². The third kappa shape index (κ3) is 0.633. The van der Waals surface area contributed by atoms with Gasteiger partial charge < -0.3 is 10.1 Å². The molecule has 3 radical (unpaired) electrons. The summed E-state index contributed by atoms with van der Waals surface area (Å²) in [4.78, 5) is 0. The first-order valence-corrected chi connectivity index (χ1v) is 2.65. The average Bonchev–Trinajstić information content (AvgIpc) is 2.33. The van der Waals surface area contributed by atoms with Crippen molar-refractivity contribution in [2.24, 2.45) is 0 Å². The number of anilines is 1. The molecule has 0 aliphatic carbocycles. The second-order valence-electron chi connectivity index (χ2n) is 1.74. The molecule has 0 fully saturated rings. The summed E-state index contributed by atoms with van der Waals surface area (Å²) in [5, 5.41) is 2.77. The minimum atomic E-state index is 0.789. The average molecular weight is 118 g/mol. The molecule has 2 nitrogen and oxygen atoms in total. The van der Waals surface area contributed by atoms with Gasteiger partial charge in [-0.25, -0.2) is 0 Å². The van der Waals surface area contributed by atoms with E-state index >= 15 is 0 Å². The molecule has 0 atom stereocenters. The minimum Gasteiger partial charge on any atom is -0.453 e. The smallest absolute Gasteiger partial charge is 0.312 e. The van der Waals surface area contributed by atoms with Gasteiger partial charge in [0.2, 0.25) is 0 Å². The zero-order valence-corrected chi connectivity index (χ0v) is 4.64. The molecular weight excluding hydrogens is 114 g/mol. The summed E-state index contributed by atoms with van der Waals surface area (Å²) in [6.45, 7) is 2.51. The number of nitrogens with one attached hydrogen (secondary N) is 1. The maximum Gasteiger partial charge on any atom is 0.312 e. The minimum absolute atomic E-state index is 0.789. The van der Waals surface area contributed by atoms with Gasteiger partial charge in [-0.1, -0.05) is 12.1 Å². The molecule has 1 aliphatic rings. The summed E-state index contributed by atoms with van der Waals surface area (Å²) in [6, 6.07) is 8.50. The third-order valence-electron chi connectivity index (χ3n) is 1.15. The van der Waals surface area contributed by atoms with Crippen molar-refractivity contribution in [1.82, 2.24) is 0 Å². The quantitative estimate of drug-likeness (QED) is 0.554. The van der Waals surface area contributed by atoms with Gasteiger partial charge in [0.15, 0.2) is 0 Å². The van der Waals surface area contributed by atoms with Crippen molar-refractivity contribution in [3.8, 4) is 5.75 Å². The van der Waals surface area contributed by atoms with Crippen LogP contribution >= 0.6 is 0 Å². The predicted octanol–water partition coefficient (Wildman–Crippen LogP) is 1.29. The van der Waals surface area contributed by atoms with Crippen LogP contribution in [-0.2, 0) is 0 Å². The Hall–Kier alpha value is -1.18. The van der Waals surface area contributed by atoms with Crippen molar-refractivity contribution in [2.75, 3.05) is 5.32 Å². The van der Waals surface area contributed by atoms with Crippen LogP contribution in [0.1, 0.15) is 0 Å². The van der Waals surface area contributed by atoms with Crippen molar-refractivity contribution < 1.29 is 4.74 Å². The molecule has 0 amide bonds. The highest BCUT2D eigenvalue weighted by molar-refractivity contribution is 5.59. The Kier molecular flexibility index (Phi) is 0.859. The fraction of sp³-hybridized carbons (Fsp3) is 0. The lowest BCUT2D eigenvalue weighted by Gasteiger charge is -1.90. The second kappa shape index (κ2) is 1.65. The van der Waals surface area contributed by atoms with E-state index in [1.165, 1.54) is 0 Å². The number of hydrogen-bond acceptors (Lipinski definition) is 2. The van der Waals surface area contributed by atoms with E-state index in [0.717, 1.165) is 11.4 Å². The number of fused-ring (bicyclic) bond motifs is 1. The van der Waals surface area contributed by atoms with Crippen LogP contribution in [-0.4, -0.2) is 0 Å². The van der Waals surface area contributed by atoms with Crippen LogP contribution in [0.25, 0.3) is 0 Å². The molecule has 1 aliphatic heterocycles. The molecule has 2 heteroatoms. The lowest BCUT2D eigenvalue weighted by atomic mass is 10.3. The molecular formula is C7H4NO.